The summed E-state index contributed by atoms with van der Waals surface area (Å²) >= 11 is 0. The number of fused-ring (bicyclic) bond motifs is 1. The van der Waals surface area contributed by atoms with Crippen LogP contribution >= 0.6 is 0 Å². The van der Waals surface area contributed by atoms with E-state index in [0.29, 0.717) is 24.9 Å². The Labute approximate surface area is 154 Å². The van der Waals surface area contributed by atoms with E-state index in [1.54, 1.807) is 4.90 Å². The molecule has 1 aliphatic heterocycles. The van der Waals surface area contributed by atoms with Gasteiger partial charge in [-0.15, -0.1) is 0 Å². The summed E-state index contributed by atoms with van der Waals surface area (Å²) in [5.74, 6) is 0.837. The number of rotatable bonds is 3. The van der Waals surface area contributed by atoms with Crippen molar-refractivity contribution in [2.24, 2.45) is 11.8 Å². The zero-order chi connectivity index (χ0) is 18.7. The van der Waals surface area contributed by atoms with Gasteiger partial charge >= 0.3 is 12.2 Å². The average molecular weight is 360 g/mol. The molecule has 2 aliphatic rings. The summed E-state index contributed by atoms with van der Waals surface area (Å²) in [6, 6.07) is 9.75. The fourth-order valence-electron chi connectivity index (χ4n) is 3.82. The lowest BCUT2D eigenvalue weighted by Crippen LogP contribution is -2.38. The Morgan fingerprint density at radius 1 is 1.12 bits per heavy atom. The van der Waals surface area contributed by atoms with E-state index in [9.17, 15) is 9.59 Å². The first kappa shape index (κ1) is 18.5. The van der Waals surface area contributed by atoms with Crippen LogP contribution in [0.25, 0.3) is 0 Å². The average Bonchev–Trinajstić information content (AvgIpc) is 3.11. The predicted octanol–water partition coefficient (Wildman–Crippen LogP) is 3.56. The zero-order valence-electron chi connectivity index (χ0n) is 15.7. The van der Waals surface area contributed by atoms with Crippen molar-refractivity contribution in [3.8, 4) is 0 Å². The van der Waals surface area contributed by atoms with Crippen molar-refractivity contribution in [3.05, 3.63) is 35.9 Å². The number of nitrogens with zero attached hydrogens (tertiary/aromatic N) is 1. The Hall–Kier alpha value is -2.24. The second-order valence-electron chi connectivity index (χ2n) is 8.28. The molecule has 6 heteroatoms. The van der Waals surface area contributed by atoms with E-state index in [1.165, 1.54) is 0 Å². The van der Waals surface area contributed by atoms with Crippen LogP contribution in [0, 0.1) is 11.8 Å². The standard InChI is InChI=1S/C20H28N2O4/c1-20(2,3)26-19(24)22-11-15-9-17(10-16(15)12-22)21-18(23)25-13-14-7-5-4-6-8-14/h4-8,15-17H,9-13H2,1-3H3,(H,21,23). The van der Waals surface area contributed by atoms with Gasteiger partial charge in [-0.2, -0.15) is 0 Å². The maximum atomic E-state index is 12.2. The lowest BCUT2D eigenvalue weighted by molar-refractivity contribution is 0.0278. The number of nitrogens with one attached hydrogen (secondary N) is 1. The SMILES string of the molecule is CC(C)(C)OC(=O)N1CC2CC(NC(=O)OCc3ccccc3)CC2C1. The Bertz CT molecular complexity index is 627. The van der Waals surface area contributed by atoms with Crippen LogP contribution in [0.5, 0.6) is 0 Å². The van der Waals surface area contributed by atoms with E-state index in [4.69, 9.17) is 9.47 Å². The number of hydrogen-bond donors (Lipinski definition) is 1. The summed E-state index contributed by atoms with van der Waals surface area (Å²) in [4.78, 5) is 26.0. The van der Waals surface area contributed by atoms with Crippen LogP contribution in [0.1, 0.15) is 39.2 Å². The fraction of sp³-hybridized carbons (Fsp3) is 0.600. The van der Waals surface area contributed by atoms with Crippen LogP contribution in [-0.4, -0.2) is 41.8 Å². The second-order valence-corrected chi connectivity index (χ2v) is 8.28. The van der Waals surface area contributed by atoms with Gasteiger partial charge in [0.05, 0.1) is 0 Å². The van der Waals surface area contributed by atoms with E-state index < -0.39 is 5.60 Å². The first-order chi connectivity index (χ1) is 12.3. The minimum absolute atomic E-state index is 0.119. The lowest BCUT2D eigenvalue weighted by Gasteiger charge is -2.25. The van der Waals surface area contributed by atoms with Crippen molar-refractivity contribution < 1.29 is 19.1 Å². The number of amides is 2. The van der Waals surface area contributed by atoms with E-state index >= 15 is 0 Å². The second kappa shape index (κ2) is 7.56. The molecule has 0 spiro atoms. The predicted molar refractivity (Wildman–Crippen MR) is 97.6 cm³/mol. The van der Waals surface area contributed by atoms with Gasteiger partial charge in [-0.1, -0.05) is 30.3 Å². The molecule has 1 saturated heterocycles. The third-order valence-corrected chi connectivity index (χ3v) is 4.94. The molecule has 1 heterocycles. The van der Waals surface area contributed by atoms with Gasteiger partial charge in [0.2, 0.25) is 0 Å². The van der Waals surface area contributed by atoms with Crippen molar-refractivity contribution in [1.82, 2.24) is 10.2 Å². The van der Waals surface area contributed by atoms with E-state index in [2.05, 4.69) is 5.32 Å². The molecule has 1 aliphatic carbocycles. The smallest absolute Gasteiger partial charge is 0.410 e. The third kappa shape index (κ3) is 4.90. The first-order valence-corrected chi connectivity index (χ1v) is 9.25. The van der Waals surface area contributed by atoms with Crippen molar-refractivity contribution in [3.63, 3.8) is 0 Å². The Morgan fingerprint density at radius 3 is 2.31 bits per heavy atom. The summed E-state index contributed by atoms with van der Waals surface area (Å²) in [6.07, 6.45) is 1.15. The molecule has 1 N–H and O–H groups in total. The molecule has 2 fully saturated rings. The highest BCUT2D eigenvalue weighted by Gasteiger charge is 2.43. The Kier molecular flexibility index (Phi) is 5.39. The van der Waals surface area contributed by atoms with Gasteiger partial charge in [-0.25, -0.2) is 9.59 Å². The van der Waals surface area contributed by atoms with E-state index in [0.717, 1.165) is 18.4 Å². The Balaban J connectivity index is 1.40. The normalized spacial score (nSPS) is 24.9. The first-order valence-electron chi connectivity index (χ1n) is 9.25. The molecular weight excluding hydrogens is 332 g/mol. The number of alkyl carbamates (subject to hydrolysis) is 1. The quantitative estimate of drug-likeness (QED) is 0.895. The molecule has 142 valence electrons. The largest absolute Gasteiger partial charge is 0.445 e. The van der Waals surface area contributed by atoms with Gasteiger partial charge < -0.3 is 19.7 Å². The monoisotopic (exact) mass is 360 g/mol. The van der Waals surface area contributed by atoms with Crippen LogP contribution < -0.4 is 5.32 Å². The molecule has 26 heavy (non-hydrogen) atoms. The number of benzene rings is 1. The van der Waals surface area contributed by atoms with Crippen LogP contribution in [0.3, 0.4) is 0 Å². The molecule has 0 aromatic heterocycles. The van der Waals surface area contributed by atoms with Crippen LogP contribution in [0.4, 0.5) is 9.59 Å². The number of ether oxygens (including phenoxy) is 2. The molecule has 2 atom stereocenters. The molecule has 2 amide bonds. The van der Waals surface area contributed by atoms with Gasteiger partial charge in [-0.05, 0) is 51.0 Å². The topological polar surface area (TPSA) is 67.9 Å². The van der Waals surface area contributed by atoms with Crippen LogP contribution in [0.15, 0.2) is 30.3 Å². The highest BCUT2D eigenvalue weighted by atomic mass is 16.6. The Morgan fingerprint density at radius 2 is 1.73 bits per heavy atom. The molecule has 1 aromatic carbocycles. The van der Waals surface area contributed by atoms with Gasteiger partial charge in [0.25, 0.3) is 0 Å². The number of hydrogen-bond acceptors (Lipinski definition) is 4. The number of carbonyl (C=O) groups is 2. The summed E-state index contributed by atoms with van der Waals surface area (Å²) < 4.78 is 10.7. The molecule has 0 bridgehead atoms. The number of carbonyl (C=O) groups excluding carboxylic acids is 2. The van der Waals surface area contributed by atoms with Gasteiger partial charge in [0.1, 0.15) is 12.2 Å². The summed E-state index contributed by atoms with van der Waals surface area (Å²) in [5, 5.41) is 2.96. The van der Waals surface area contributed by atoms with Crippen molar-refractivity contribution in [2.75, 3.05) is 13.1 Å². The van der Waals surface area contributed by atoms with Crippen molar-refractivity contribution >= 4 is 12.2 Å². The zero-order valence-corrected chi connectivity index (χ0v) is 15.7. The van der Waals surface area contributed by atoms with Crippen LogP contribution in [0.2, 0.25) is 0 Å². The van der Waals surface area contributed by atoms with Gasteiger partial charge in [0, 0.05) is 19.1 Å². The highest BCUT2D eigenvalue weighted by Crippen LogP contribution is 2.38. The molecule has 6 nitrogen and oxygen atoms in total. The van der Waals surface area contributed by atoms with E-state index in [-0.39, 0.29) is 24.8 Å². The van der Waals surface area contributed by atoms with Gasteiger partial charge in [0.15, 0.2) is 0 Å². The molecule has 1 saturated carbocycles. The van der Waals surface area contributed by atoms with Crippen molar-refractivity contribution in [1.29, 1.82) is 0 Å². The lowest BCUT2D eigenvalue weighted by atomic mass is 10.0. The fourth-order valence-corrected chi connectivity index (χ4v) is 3.82. The minimum atomic E-state index is -0.471. The van der Waals surface area contributed by atoms with Crippen molar-refractivity contribution in [2.45, 2.75) is 51.9 Å². The number of likely N-dealkylation sites (tertiary alicyclic amines) is 1. The summed E-state index contributed by atoms with van der Waals surface area (Å²) in [7, 11) is 0. The molecule has 2 unspecified atom stereocenters. The highest BCUT2D eigenvalue weighted by molar-refractivity contribution is 5.69. The molecule has 3 rings (SSSR count). The summed E-state index contributed by atoms with van der Waals surface area (Å²) in [5.41, 5.74) is 0.500. The van der Waals surface area contributed by atoms with Crippen LogP contribution in [-0.2, 0) is 16.1 Å². The molecule has 0 radical (unpaired) electrons. The molecular formula is C20H28N2O4. The van der Waals surface area contributed by atoms with E-state index in [1.807, 2.05) is 51.1 Å². The summed E-state index contributed by atoms with van der Waals surface area (Å²) in [6.45, 7) is 7.32. The van der Waals surface area contributed by atoms with Gasteiger partial charge in [-0.3, -0.25) is 0 Å². The maximum absolute atomic E-state index is 12.2. The molecule has 1 aromatic rings. The minimum Gasteiger partial charge on any atom is -0.445 e. The third-order valence-electron chi connectivity index (χ3n) is 4.94. The maximum Gasteiger partial charge on any atom is 0.410 e.